The highest BCUT2D eigenvalue weighted by Crippen LogP contribution is 2.25. The van der Waals surface area contributed by atoms with Crippen molar-refractivity contribution in [3.63, 3.8) is 0 Å². The molecular formula is C19H27NO. The van der Waals surface area contributed by atoms with Crippen molar-refractivity contribution in [3.05, 3.63) is 59.0 Å². The largest absolute Gasteiger partial charge is 0.467 e. The van der Waals surface area contributed by atoms with E-state index in [-0.39, 0.29) is 11.5 Å². The highest BCUT2D eigenvalue weighted by atomic mass is 16.3. The second-order valence-corrected chi connectivity index (χ2v) is 6.73. The van der Waals surface area contributed by atoms with Gasteiger partial charge >= 0.3 is 0 Å². The summed E-state index contributed by atoms with van der Waals surface area (Å²) in [5.41, 5.74) is 4.13. The summed E-state index contributed by atoms with van der Waals surface area (Å²) >= 11 is 0. The molecule has 0 saturated carbocycles. The van der Waals surface area contributed by atoms with Gasteiger partial charge in [0.15, 0.2) is 0 Å². The molecule has 114 valence electrons. The molecule has 0 radical (unpaired) electrons. The van der Waals surface area contributed by atoms with Crippen LogP contribution in [-0.4, -0.2) is 6.54 Å². The number of likely N-dealkylation sites (N-methyl/N-ethyl adjacent to an activating group) is 1. The van der Waals surface area contributed by atoms with Gasteiger partial charge in [-0.05, 0) is 48.1 Å². The van der Waals surface area contributed by atoms with Crippen molar-refractivity contribution >= 4 is 0 Å². The average molecular weight is 285 g/mol. The third-order valence-corrected chi connectivity index (χ3v) is 3.93. The molecular weight excluding hydrogens is 258 g/mol. The van der Waals surface area contributed by atoms with Crippen molar-refractivity contribution in [1.29, 1.82) is 0 Å². The highest BCUT2D eigenvalue weighted by molar-refractivity contribution is 5.29. The van der Waals surface area contributed by atoms with Crippen LogP contribution in [0.4, 0.5) is 0 Å². The maximum absolute atomic E-state index is 5.67. The van der Waals surface area contributed by atoms with Gasteiger partial charge in [-0.25, -0.2) is 0 Å². The van der Waals surface area contributed by atoms with Crippen LogP contribution < -0.4 is 5.32 Å². The number of furan rings is 1. The van der Waals surface area contributed by atoms with Gasteiger partial charge in [-0.15, -0.1) is 0 Å². The zero-order valence-electron chi connectivity index (χ0n) is 13.9. The van der Waals surface area contributed by atoms with Crippen LogP contribution in [-0.2, 0) is 11.8 Å². The Hall–Kier alpha value is -1.54. The Kier molecular flexibility index (Phi) is 4.89. The summed E-state index contributed by atoms with van der Waals surface area (Å²) in [6, 6.07) is 11.2. The summed E-state index contributed by atoms with van der Waals surface area (Å²) in [6.07, 6.45) is 2.73. The van der Waals surface area contributed by atoms with Crippen LogP contribution in [0.25, 0.3) is 0 Å². The van der Waals surface area contributed by atoms with Crippen molar-refractivity contribution in [2.45, 2.75) is 52.5 Å². The Morgan fingerprint density at radius 1 is 1.10 bits per heavy atom. The molecule has 1 heterocycles. The Bertz CT molecular complexity index is 560. The van der Waals surface area contributed by atoms with Gasteiger partial charge in [-0.3, -0.25) is 0 Å². The molecule has 0 bridgehead atoms. The Morgan fingerprint density at radius 3 is 2.24 bits per heavy atom. The average Bonchev–Trinajstić information content (AvgIpc) is 2.84. The number of aryl methyl sites for hydroxylation is 1. The minimum atomic E-state index is 0.206. The molecule has 0 fully saturated rings. The SMILES string of the molecule is CCNC(Cc1ccc(C(C)(C)C)cc1)c1occc1C. The number of rotatable bonds is 5. The van der Waals surface area contributed by atoms with Crippen molar-refractivity contribution in [3.8, 4) is 0 Å². The molecule has 2 aromatic rings. The van der Waals surface area contributed by atoms with Crippen LogP contribution in [0.5, 0.6) is 0 Å². The first-order valence-corrected chi connectivity index (χ1v) is 7.78. The zero-order valence-corrected chi connectivity index (χ0v) is 13.9. The molecule has 2 nitrogen and oxygen atoms in total. The number of benzene rings is 1. The molecule has 0 spiro atoms. The van der Waals surface area contributed by atoms with E-state index in [1.165, 1.54) is 16.7 Å². The molecule has 1 atom stereocenters. The van der Waals surface area contributed by atoms with E-state index in [1.54, 1.807) is 6.26 Å². The van der Waals surface area contributed by atoms with Crippen molar-refractivity contribution < 1.29 is 4.42 Å². The fourth-order valence-electron chi connectivity index (χ4n) is 2.62. The lowest BCUT2D eigenvalue weighted by Gasteiger charge is -2.20. The van der Waals surface area contributed by atoms with E-state index in [4.69, 9.17) is 4.42 Å². The summed E-state index contributed by atoms with van der Waals surface area (Å²) in [6.45, 7) is 11.9. The third kappa shape index (κ3) is 3.98. The zero-order chi connectivity index (χ0) is 15.5. The van der Waals surface area contributed by atoms with Crippen molar-refractivity contribution in [1.82, 2.24) is 5.32 Å². The first kappa shape index (κ1) is 15.8. The molecule has 0 amide bonds. The molecule has 0 saturated heterocycles. The standard InChI is InChI=1S/C19H27NO/c1-6-20-17(18-14(2)11-12-21-18)13-15-7-9-16(10-8-15)19(3,4)5/h7-12,17,20H,6,13H2,1-5H3. The van der Waals surface area contributed by atoms with Crippen molar-refractivity contribution in [2.75, 3.05) is 6.54 Å². The summed E-state index contributed by atoms with van der Waals surface area (Å²) in [5, 5.41) is 3.53. The van der Waals surface area contributed by atoms with E-state index in [0.29, 0.717) is 0 Å². The van der Waals surface area contributed by atoms with Gasteiger partial charge in [0.25, 0.3) is 0 Å². The van der Waals surface area contributed by atoms with E-state index in [9.17, 15) is 0 Å². The number of nitrogens with one attached hydrogen (secondary N) is 1. The van der Waals surface area contributed by atoms with Gasteiger partial charge in [0.1, 0.15) is 5.76 Å². The molecule has 21 heavy (non-hydrogen) atoms. The predicted molar refractivity (Wildman–Crippen MR) is 88.7 cm³/mol. The van der Waals surface area contributed by atoms with Gasteiger partial charge < -0.3 is 9.73 Å². The number of hydrogen-bond acceptors (Lipinski definition) is 2. The van der Waals surface area contributed by atoms with Gasteiger partial charge in [-0.1, -0.05) is 52.0 Å². The molecule has 1 aromatic heterocycles. The highest BCUT2D eigenvalue weighted by Gasteiger charge is 2.18. The van der Waals surface area contributed by atoms with Crippen LogP contribution >= 0.6 is 0 Å². The van der Waals surface area contributed by atoms with Crippen LogP contribution in [0.3, 0.4) is 0 Å². The number of hydrogen-bond donors (Lipinski definition) is 1. The second-order valence-electron chi connectivity index (χ2n) is 6.73. The van der Waals surface area contributed by atoms with Gasteiger partial charge in [0.2, 0.25) is 0 Å². The monoisotopic (exact) mass is 285 g/mol. The Labute approximate surface area is 128 Å². The summed E-state index contributed by atoms with van der Waals surface area (Å²) in [5.74, 6) is 1.05. The van der Waals surface area contributed by atoms with E-state index < -0.39 is 0 Å². The molecule has 2 heteroatoms. The normalized spacial score (nSPS) is 13.4. The summed E-state index contributed by atoms with van der Waals surface area (Å²) in [4.78, 5) is 0. The van der Waals surface area contributed by atoms with E-state index in [0.717, 1.165) is 18.7 Å². The van der Waals surface area contributed by atoms with E-state index in [2.05, 4.69) is 64.2 Å². The maximum atomic E-state index is 5.67. The summed E-state index contributed by atoms with van der Waals surface area (Å²) in [7, 11) is 0. The van der Waals surface area contributed by atoms with Gasteiger partial charge in [0, 0.05) is 0 Å². The maximum Gasteiger partial charge on any atom is 0.123 e. The quantitative estimate of drug-likeness (QED) is 0.855. The fourth-order valence-corrected chi connectivity index (χ4v) is 2.62. The molecule has 2 rings (SSSR count). The van der Waals surface area contributed by atoms with Crippen LogP contribution in [0.15, 0.2) is 41.0 Å². The molecule has 0 aliphatic heterocycles. The first-order valence-electron chi connectivity index (χ1n) is 7.78. The molecule has 1 unspecified atom stereocenters. The van der Waals surface area contributed by atoms with Gasteiger partial charge in [0.05, 0.1) is 12.3 Å². The van der Waals surface area contributed by atoms with E-state index in [1.807, 2.05) is 6.07 Å². The smallest absolute Gasteiger partial charge is 0.123 e. The van der Waals surface area contributed by atoms with Gasteiger partial charge in [-0.2, -0.15) is 0 Å². The van der Waals surface area contributed by atoms with Crippen LogP contribution in [0, 0.1) is 6.92 Å². The Balaban J connectivity index is 2.16. The van der Waals surface area contributed by atoms with Crippen LogP contribution in [0.1, 0.15) is 56.2 Å². The Morgan fingerprint density at radius 2 is 1.76 bits per heavy atom. The second kappa shape index (κ2) is 6.48. The fraction of sp³-hybridized carbons (Fsp3) is 0.474. The topological polar surface area (TPSA) is 25.2 Å². The molecule has 1 N–H and O–H groups in total. The third-order valence-electron chi connectivity index (χ3n) is 3.93. The molecule has 1 aromatic carbocycles. The minimum absolute atomic E-state index is 0.206. The predicted octanol–water partition coefficient (Wildman–Crippen LogP) is 4.78. The lowest BCUT2D eigenvalue weighted by Crippen LogP contribution is -2.23. The van der Waals surface area contributed by atoms with Crippen LogP contribution in [0.2, 0.25) is 0 Å². The van der Waals surface area contributed by atoms with Crippen molar-refractivity contribution in [2.24, 2.45) is 0 Å². The molecule has 0 aliphatic rings. The molecule has 0 aliphatic carbocycles. The lowest BCUT2D eigenvalue weighted by atomic mass is 9.86. The minimum Gasteiger partial charge on any atom is -0.467 e. The van der Waals surface area contributed by atoms with E-state index >= 15 is 0 Å². The lowest BCUT2D eigenvalue weighted by molar-refractivity contribution is 0.413. The first-order chi connectivity index (χ1) is 9.91. The summed E-state index contributed by atoms with van der Waals surface area (Å²) < 4.78 is 5.67.